The van der Waals surface area contributed by atoms with E-state index in [1.165, 1.54) is 11.6 Å². The number of fused-ring (bicyclic) bond motifs is 1. The van der Waals surface area contributed by atoms with Crippen molar-refractivity contribution in [1.82, 2.24) is 15.1 Å². The zero-order valence-electron chi connectivity index (χ0n) is 15.8. The molecule has 1 aromatic heterocycles. The Hall–Kier alpha value is -3.12. The highest BCUT2D eigenvalue weighted by atomic mass is 16.5. The predicted molar refractivity (Wildman–Crippen MR) is 105 cm³/mol. The molecule has 6 heteroatoms. The van der Waals surface area contributed by atoms with E-state index in [4.69, 9.17) is 9.84 Å². The van der Waals surface area contributed by atoms with E-state index in [-0.39, 0.29) is 23.3 Å². The zero-order chi connectivity index (χ0) is 19.5. The fourth-order valence-electron chi connectivity index (χ4n) is 3.45. The minimum atomic E-state index is -0.319. The molecule has 4 rings (SSSR count). The monoisotopic (exact) mass is 377 g/mol. The zero-order valence-corrected chi connectivity index (χ0v) is 15.8. The summed E-state index contributed by atoms with van der Waals surface area (Å²) in [5.74, 6) is -0.346. The molecule has 0 spiro atoms. The highest BCUT2D eigenvalue weighted by Crippen LogP contribution is 2.26. The van der Waals surface area contributed by atoms with E-state index >= 15 is 0 Å². The molecule has 1 amide bonds. The molecule has 0 saturated heterocycles. The van der Waals surface area contributed by atoms with Crippen LogP contribution in [0.25, 0.3) is 0 Å². The lowest BCUT2D eigenvalue weighted by molar-refractivity contribution is 0.0383. The van der Waals surface area contributed by atoms with E-state index in [0.717, 1.165) is 23.2 Å². The third-order valence-corrected chi connectivity index (χ3v) is 4.90. The van der Waals surface area contributed by atoms with Crippen molar-refractivity contribution < 1.29 is 14.6 Å². The number of aromatic hydroxyl groups is 1. The van der Waals surface area contributed by atoms with Crippen molar-refractivity contribution in [3.8, 4) is 5.75 Å². The number of hydrogen-bond donors (Lipinski definition) is 2. The lowest BCUT2D eigenvalue weighted by atomic mass is 10.1. The van der Waals surface area contributed by atoms with Gasteiger partial charge in [-0.1, -0.05) is 42.0 Å². The van der Waals surface area contributed by atoms with Crippen LogP contribution < -0.4 is 5.32 Å². The van der Waals surface area contributed by atoms with Crippen LogP contribution in [0.3, 0.4) is 0 Å². The standard InChI is InChI=1S/C22H23N3O3/c1-15-7-8-19(26)18(11-15)22(27)23-12-20-21-17(9-10-28-20)14-25(24-21)13-16-5-3-2-4-6-16/h2-8,11,14,20,26H,9-10,12-13H2,1H3,(H,23,27)/t20-/m0/s1. The summed E-state index contributed by atoms with van der Waals surface area (Å²) in [6.45, 7) is 3.48. The van der Waals surface area contributed by atoms with Gasteiger partial charge in [0.15, 0.2) is 0 Å². The molecule has 0 radical (unpaired) electrons. The molecular weight excluding hydrogens is 354 g/mol. The van der Waals surface area contributed by atoms with Gasteiger partial charge in [0.05, 0.1) is 24.4 Å². The first-order valence-corrected chi connectivity index (χ1v) is 9.40. The fraction of sp³-hybridized carbons (Fsp3) is 0.273. The van der Waals surface area contributed by atoms with Gasteiger partial charge in [-0.15, -0.1) is 0 Å². The second kappa shape index (κ2) is 7.86. The fourth-order valence-corrected chi connectivity index (χ4v) is 3.45. The number of rotatable bonds is 5. The first kappa shape index (κ1) is 18.3. The Labute approximate surface area is 163 Å². The van der Waals surface area contributed by atoms with Crippen LogP contribution in [0, 0.1) is 6.92 Å². The molecule has 1 atom stereocenters. The smallest absolute Gasteiger partial charge is 0.255 e. The molecule has 2 aromatic carbocycles. The van der Waals surface area contributed by atoms with Crippen LogP contribution in [0.4, 0.5) is 0 Å². The van der Waals surface area contributed by atoms with Gasteiger partial charge in [-0.2, -0.15) is 5.10 Å². The SMILES string of the molecule is Cc1ccc(O)c(C(=O)NC[C@@H]2OCCc3cn(Cc4ccccc4)nc32)c1. The number of phenolic OH excluding ortho intramolecular Hbond substituents is 1. The maximum atomic E-state index is 12.5. The van der Waals surface area contributed by atoms with E-state index in [2.05, 4.69) is 23.6 Å². The minimum Gasteiger partial charge on any atom is -0.507 e. The molecule has 144 valence electrons. The van der Waals surface area contributed by atoms with Crippen LogP contribution in [0.2, 0.25) is 0 Å². The predicted octanol–water partition coefficient (Wildman–Crippen LogP) is 2.99. The maximum absolute atomic E-state index is 12.5. The minimum absolute atomic E-state index is 0.0273. The first-order valence-electron chi connectivity index (χ1n) is 9.40. The van der Waals surface area contributed by atoms with Crippen LogP contribution >= 0.6 is 0 Å². The molecular formula is C22H23N3O3. The Bertz CT molecular complexity index is 982. The lowest BCUT2D eigenvalue weighted by Gasteiger charge is -2.22. The van der Waals surface area contributed by atoms with Gasteiger partial charge in [-0.3, -0.25) is 9.48 Å². The average Bonchev–Trinajstić information content (AvgIpc) is 3.11. The topological polar surface area (TPSA) is 76.4 Å². The first-order chi connectivity index (χ1) is 13.6. The Morgan fingerprint density at radius 1 is 1.29 bits per heavy atom. The highest BCUT2D eigenvalue weighted by Gasteiger charge is 2.25. The van der Waals surface area contributed by atoms with Crippen LogP contribution in [-0.4, -0.2) is 33.9 Å². The molecule has 0 saturated carbocycles. The molecule has 0 bridgehead atoms. The highest BCUT2D eigenvalue weighted by molar-refractivity contribution is 5.97. The molecule has 3 aromatic rings. The van der Waals surface area contributed by atoms with Crippen molar-refractivity contribution in [2.24, 2.45) is 0 Å². The molecule has 0 aliphatic carbocycles. The van der Waals surface area contributed by atoms with Gasteiger partial charge in [-0.25, -0.2) is 0 Å². The molecule has 2 heterocycles. The second-order valence-corrected chi connectivity index (χ2v) is 7.06. The van der Waals surface area contributed by atoms with Crippen LogP contribution in [0.1, 0.15) is 38.8 Å². The van der Waals surface area contributed by atoms with Crippen molar-refractivity contribution in [2.75, 3.05) is 13.2 Å². The van der Waals surface area contributed by atoms with Crippen molar-refractivity contribution in [3.05, 3.63) is 82.7 Å². The van der Waals surface area contributed by atoms with Crippen LogP contribution in [-0.2, 0) is 17.7 Å². The number of amides is 1. The average molecular weight is 377 g/mol. The van der Waals surface area contributed by atoms with E-state index < -0.39 is 0 Å². The number of hydrogen-bond acceptors (Lipinski definition) is 4. The third kappa shape index (κ3) is 3.92. The number of nitrogens with zero attached hydrogens (tertiary/aromatic N) is 2. The van der Waals surface area contributed by atoms with E-state index in [1.807, 2.05) is 29.8 Å². The largest absolute Gasteiger partial charge is 0.507 e. The summed E-state index contributed by atoms with van der Waals surface area (Å²) in [5.41, 5.74) is 4.39. The summed E-state index contributed by atoms with van der Waals surface area (Å²) in [5, 5.41) is 17.5. The van der Waals surface area contributed by atoms with Gasteiger partial charge in [0.1, 0.15) is 11.9 Å². The molecule has 28 heavy (non-hydrogen) atoms. The van der Waals surface area contributed by atoms with E-state index in [9.17, 15) is 9.90 Å². The summed E-state index contributed by atoms with van der Waals surface area (Å²) in [7, 11) is 0. The van der Waals surface area contributed by atoms with Gasteiger partial charge in [0.25, 0.3) is 5.91 Å². The summed E-state index contributed by atoms with van der Waals surface area (Å²) in [6, 6.07) is 15.1. The van der Waals surface area contributed by atoms with Crippen LogP contribution in [0.15, 0.2) is 54.7 Å². The Balaban J connectivity index is 1.46. The van der Waals surface area contributed by atoms with Gasteiger partial charge in [0, 0.05) is 12.7 Å². The van der Waals surface area contributed by atoms with Crippen LogP contribution in [0.5, 0.6) is 5.75 Å². The molecule has 2 N–H and O–H groups in total. The Morgan fingerprint density at radius 3 is 2.93 bits per heavy atom. The summed E-state index contributed by atoms with van der Waals surface area (Å²) in [6.07, 6.45) is 2.58. The molecule has 0 unspecified atom stereocenters. The van der Waals surface area contributed by atoms with Gasteiger partial charge < -0.3 is 15.2 Å². The Morgan fingerprint density at radius 2 is 2.11 bits per heavy atom. The third-order valence-electron chi connectivity index (χ3n) is 4.90. The van der Waals surface area contributed by atoms with E-state index in [0.29, 0.717) is 19.7 Å². The molecule has 1 aliphatic heterocycles. The quantitative estimate of drug-likeness (QED) is 0.717. The number of ether oxygens (including phenoxy) is 1. The molecule has 6 nitrogen and oxygen atoms in total. The summed E-state index contributed by atoms with van der Waals surface area (Å²) < 4.78 is 7.78. The number of carbonyl (C=O) groups excluding carboxylic acids is 1. The number of nitrogens with one attached hydrogen (secondary N) is 1. The van der Waals surface area contributed by atoms with E-state index in [1.54, 1.807) is 12.1 Å². The number of carbonyl (C=O) groups is 1. The molecule has 1 aliphatic rings. The van der Waals surface area contributed by atoms with Crippen molar-refractivity contribution in [1.29, 1.82) is 0 Å². The number of aryl methyl sites for hydroxylation is 1. The normalized spacial score (nSPS) is 15.8. The van der Waals surface area contributed by atoms with Crippen molar-refractivity contribution >= 4 is 5.91 Å². The summed E-state index contributed by atoms with van der Waals surface area (Å²) >= 11 is 0. The summed E-state index contributed by atoms with van der Waals surface area (Å²) in [4.78, 5) is 12.5. The second-order valence-electron chi connectivity index (χ2n) is 7.06. The molecule has 0 fully saturated rings. The van der Waals surface area contributed by atoms with Crippen molar-refractivity contribution in [3.63, 3.8) is 0 Å². The van der Waals surface area contributed by atoms with Gasteiger partial charge >= 0.3 is 0 Å². The lowest BCUT2D eigenvalue weighted by Crippen LogP contribution is -2.32. The number of benzene rings is 2. The number of phenols is 1. The Kier molecular flexibility index (Phi) is 5.12. The number of aromatic nitrogens is 2. The van der Waals surface area contributed by atoms with Crippen molar-refractivity contribution in [2.45, 2.75) is 26.0 Å². The maximum Gasteiger partial charge on any atom is 0.255 e. The van der Waals surface area contributed by atoms with Gasteiger partial charge in [0.2, 0.25) is 0 Å². The van der Waals surface area contributed by atoms with Gasteiger partial charge in [-0.05, 0) is 36.6 Å².